The lowest BCUT2D eigenvalue weighted by molar-refractivity contribution is -0.117. The molecule has 1 unspecified atom stereocenters. The molecule has 4 aliphatic heterocycles. The fourth-order valence-electron chi connectivity index (χ4n) is 8.56. The highest BCUT2D eigenvalue weighted by Crippen LogP contribution is 2.38. The molecule has 332 valence electrons. The Labute approximate surface area is 388 Å². The summed E-state index contributed by atoms with van der Waals surface area (Å²) in [6.45, 7) is 7.17. The van der Waals surface area contributed by atoms with Gasteiger partial charge in [-0.1, -0.05) is 36.4 Å². The molecule has 0 spiro atoms. The zero-order valence-corrected chi connectivity index (χ0v) is 38.6. The molecule has 0 bridgehead atoms. The standard InChI is InChI=1S/C47H51N9O4S4/c57-43(36-10-4-16-50-36)54-42-14-12-38(62-42)47(59)56-25-34(26-56)45-52-22-40(64-45)32-8-2-6-30(18-32)20-48-19-29-5-1-7-31(17-29)39-21-51-44(63-39)33-23-55(24-33)46(58)37-11-13-41(61-37)53-28-60-27-35-9-3-15-49-35/h1-2,5-8,11-14,17-18,21-22,33-36,48-50,53H,3-4,9-10,15-16,19-20,23-28H2,(H,54,57)/t35?,36-/m0/s1. The van der Waals surface area contributed by atoms with Gasteiger partial charge >= 0.3 is 0 Å². The number of rotatable bonds is 17. The molecule has 6 aromatic rings. The summed E-state index contributed by atoms with van der Waals surface area (Å²) < 4.78 is 5.77. The number of ether oxygens (including phenoxy) is 1. The van der Waals surface area contributed by atoms with Gasteiger partial charge in [-0.25, -0.2) is 9.97 Å². The van der Waals surface area contributed by atoms with Crippen molar-refractivity contribution in [2.24, 2.45) is 0 Å². The summed E-state index contributed by atoms with van der Waals surface area (Å²) >= 11 is 6.23. The van der Waals surface area contributed by atoms with Gasteiger partial charge < -0.3 is 41.1 Å². The Hall–Kier alpha value is -4.85. The van der Waals surface area contributed by atoms with Crippen LogP contribution in [0.5, 0.6) is 0 Å². The lowest BCUT2D eigenvalue weighted by Gasteiger charge is -2.37. The minimum absolute atomic E-state index is 0.000364. The average molecular weight is 934 g/mol. The fraction of sp³-hybridized carbons (Fsp3) is 0.383. The summed E-state index contributed by atoms with van der Waals surface area (Å²) in [6, 6.07) is 25.0. The number of nitrogens with zero attached hydrogens (tertiary/aromatic N) is 4. The third-order valence-electron chi connectivity index (χ3n) is 12.3. The Morgan fingerprint density at radius 2 is 1.27 bits per heavy atom. The van der Waals surface area contributed by atoms with Gasteiger partial charge in [-0.15, -0.1) is 45.3 Å². The predicted octanol–water partition coefficient (Wildman–Crippen LogP) is 7.65. The van der Waals surface area contributed by atoms with Gasteiger partial charge in [-0.2, -0.15) is 0 Å². The zero-order valence-electron chi connectivity index (χ0n) is 35.3. The minimum atomic E-state index is -0.155. The van der Waals surface area contributed by atoms with Crippen LogP contribution in [0.1, 0.15) is 78.0 Å². The highest BCUT2D eigenvalue weighted by Gasteiger charge is 2.36. The van der Waals surface area contributed by atoms with Gasteiger partial charge in [0.1, 0.15) is 6.73 Å². The van der Waals surface area contributed by atoms with E-state index in [2.05, 4.69) is 75.1 Å². The topological polar surface area (TPSA) is 153 Å². The summed E-state index contributed by atoms with van der Waals surface area (Å²) in [5.74, 6) is 0.511. The molecule has 4 saturated heterocycles. The fourth-order valence-corrected chi connectivity index (χ4v) is 12.3. The van der Waals surface area contributed by atoms with Crippen LogP contribution in [0, 0.1) is 0 Å². The lowest BCUT2D eigenvalue weighted by Crippen LogP contribution is -2.48. The van der Waals surface area contributed by atoms with Crippen molar-refractivity contribution < 1.29 is 19.1 Å². The molecule has 0 saturated carbocycles. The number of likely N-dealkylation sites (tertiary alicyclic amines) is 2. The number of hydrogen-bond acceptors (Lipinski definition) is 14. The Kier molecular flexibility index (Phi) is 13.3. The second-order valence-corrected chi connectivity index (χ2v) is 21.2. The van der Waals surface area contributed by atoms with E-state index < -0.39 is 0 Å². The van der Waals surface area contributed by atoms with Crippen molar-refractivity contribution in [3.8, 4) is 20.9 Å². The summed E-state index contributed by atoms with van der Waals surface area (Å²) in [5, 5.41) is 20.3. The maximum absolute atomic E-state index is 13.2. The molecular formula is C47H51N9O4S4. The molecule has 0 radical (unpaired) electrons. The Balaban J connectivity index is 0.659. The third kappa shape index (κ3) is 10.0. The first kappa shape index (κ1) is 43.1. The summed E-state index contributed by atoms with van der Waals surface area (Å²) in [7, 11) is 0. The Bertz CT molecular complexity index is 2580. The largest absolute Gasteiger partial charge is 0.360 e. The van der Waals surface area contributed by atoms with Crippen LogP contribution in [0.25, 0.3) is 20.9 Å². The molecule has 5 N–H and O–H groups in total. The molecule has 3 amide bonds. The van der Waals surface area contributed by atoms with E-state index in [0.717, 1.165) is 86.2 Å². The average Bonchev–Trinajstić information content (AvgIpc) is 4.13. The van der Waals surface area contributed by atoms with Gasteiger partial charge in [-0.05, 0) is 97.4 Å². The number of nitrogens with one attached hydrogen (secondary N) is 5. The molecule has 2 atom stereocenters. The van der Waals surface area contributed by atoms with Crippen molar-refractivity contribution in [2.75, 3.05) is 63.2 Å². The van der Waals surface area contributed by atoms with Crippen LogP contribution >= 0.6 is 45.3 Å². The molecule has 4 aliphatic rings. The van der Waals surface area contributed by atoms with E-state index in [-0.39, 0.29) is 35.6 Å². The van der Waals surface area contributed by atoms with E-state index in [1.807, 2.05) is 40.4 Å². The van der Waals surface area contributed by atoms with Crippen LogP contribution in [0.3, 0.4) is 0 Å². The summed E-state index contributed by atoms with van der Waals surface area (Å²) in [4.78, 5) is 55.9. The van der Waals surface area contributed by atoms with E-state index in [1.54, 1.807) is 28.7 Å². The van der Waals surface area contributed by atoms with Crippen LogP contribution in [0.4, 0.5) is 10.0 Å². The number of anilines is 2. The molecule has 4 aromatic heterocycles. The summed E-state index contributed by atoms with van der Waals surface area (Å²) in [5.41, 5.74) is 4.69. The van der Waals surface area contributed by atoms with Crippen molar-refractivity contribution >= 4 is 73.1 Å². The summed E-state index contributed by atoms with van der Waals surface area (Å²) in [6.07, 6.45) is 8.13. The van der Waals surface area contributed by atoms with E-state index in [4.69, 9.17) is 14.7 Å². The molecule has 64 heavy (non-hydrogen) atoms. The Morgan fingerprint density at radius 3 is 1.84 bits per heavy atom. The van der Waals surface area contributed by atoms with E-state index in [9.17, 15) is 14.4 Å². The maximum atomic E-state index is 13.2. The first-order valence-electron chi connectivity index (χ1n) is 22.1. The highest BCUT2D eigenvalue weighted by atomic mass is 32.1. The third-order valence-corrected chi connectivity index (χ3v) is 16.7. The molecule has 8 heterocycles. The van der Waals surface area contributed by atoms with E-state index >= 15 is 0 Å². The Morgan fingerprint density at radius 1 is 0.688 bits per heavy atom. The van der Waals surface area contributed by atoms with Crippen LogP contribution in [-0.4, -0.2) is 102 Å². The molecule has 17 heteroatoms. The first-order chi connectivity index (χ1) is 31.4. The van der Waals surface area contributed by atoms with Crippen LogP contribution in [0.2, 0.25) is 0 Å². The zero-order chi connectivity index (χ0) is 43.4. The number of amides is 3. The second kappa shape index (κ2) is 19.7. The normalized spacial score (nSPS) is 18.9. The van der Waals surface area contributed by atoms with Crippen molar-refractivity contribution in [3.63, 3.8) is 0 Å². The van der Waals surface area contributed by atoms with Gasteiger partial charge in [0.2, 0.25) is 5.91 Å². The number of thiophene rings is 2. The molecular weight excluding hydrogens is 883 g/mol. The SMILES string of the molecule is O=C(Nc1ccc(C(=O)N2CC(c3ncc(-c4cccc(CNCc5cccc(-c6cnc(C7CN(C(=O)c8ccc(NCOCC9CCCN9)s8)C7)s6)c5)c4)s3)C2)s1)[C@@H]1CCCN1. The number of aromatic nitrogens is 2. The molecule has 10 rings (SSSR count). The quantitative estimate of drug-likeness (QED) is 0.0456. The smallest absolute Gasteiger partial charge is 0.264 e. The molecule has 13 nitrogen and oxygen atoms in total. The van der Waals surface area contributed by atoms with Crippen LogP contribution in [0.15, 0.2) is 85.2 Å². The van der Waals surface area contributed by atoms with Crippen molar-refractivity contribution in [2.45, 2.75) is 62.7 Å². The van der Waals surface area contributed by atoms with E-state index in [1.165, 1.54) is 40.2 Å². The lowest BCUT2D eigenvalue weighted by atomic mass is 10.0. The van der Waals surface area contributed by atoms with Gasteiger partial charge in [-0.3, -0.25) is 14.4 Å². The van der Waals surface area contributed by atoms with Gasteiger partial charge in [0.05, 0.1) is 52.2 Å². The number of thiazole rings is 2. The molecule has 4 fully saturated rings. The highest BCUT2D eigenvalue weighted by molar-refractivity contribution is 7.18. The van der Waals surface area contributed by atoms with Crippen LogP contribution < -0.4 is 26.6 Å². The van der Waals surface area contributed by atoms with Crippen molar-refractivity contribution in [3.05, 3.63) is 116 Å². The van der Waals surface area contributed by atoms with Crippen LogP contribution in [-0.2, 0) is 22.6 Å². The first-order valence-corrected chi connectivity index (χ1v) is 25.3. The maximum Gasteiger partial charge on any atom is 0.264 e. The number of hydrogen-bond donors (Lipinski definition) is 5. The predicted molar refractivity (Wildman–Crippen MR) is 257 cm³/mol. The molecule has 2 aromatic carbocycles. The second-order valence-electron chi connectivity index (χ2n) is 16.9. The molecule has 0 aliphatic carbocycles. The number of carbonyl (C=O) groups is 3. The van der Waals surface area contributed by atoms with Gasteiger partial charge in [0, 0.05) is 69.5 Å². The monoisotopic (exact) mass is 933 g/mol. The van der Waals surface area contributed by atoms with Gasteiger partial charge in [0.15, 0.2) is 0 Å². The number of benzene rings is 2. The van der Waals surface area contributed by atoms with Gasteiger partial charge in [0.25, 0.3) is 11.8 Å². The minimum Gasteiger partial charge on any atom is -0.360 e. The van der Waals surface area contributed by atoms with Crippen molar-refractivity contribution in [1.29, 1.82) is 0 Å². The number of carbonyl (C=O) groups excluding carboxylic acids is 3. The van der Waals surface area contributed by atoms with E-state index in [0.29, 0.717) is 55.4 Å². The van der Waals surface area contributed by atoms with Crippen molar-refractivity contribution in [1.82, 2.24) is 35.7 Å².